The lowest BCUT2D eigenvalue weighted by atomic mass is 9.71. The molecule has 0 fully saturated rings. The van der Waals surface area contributed by atoms with Crippen molar-refractivity contribution >= 4 is 0 Å². The Labute approximate surface area is 172 Å². The summed E-state index contributed by atoms with van der Waals surface area (Å²) in [6.07, 6.45) is 0. The maximum absolute atomic E-state index is 3.99. The van der Waals surface area contributed by atoms with E-state index in [-0.39, 0.29) is 11.5 Å². The summed E-state index contributed by atoms with van der Waals surface area (Å²) in [4.78, 5) is 0. The van der Waals surface area contributed by atoms with Gasteiger partial charge in [-0.1, -0.05) is 104 Å². The second-order valence-electron chi connectivity index (χ2n) is 8.04. The Balaban J connectivity index is 1.74. The molecule has 1 heteroatoms. The van der Waals surface area contributed by atoms with Gasteiger partial charge in [-0.25, -0.2) is 0 Å². The predicted octanol–water partition coefficient (Wildman–Crippen LogP) is 6.33. The van der Waals surface area contributed by atoms with Gasteiger partial charge < -0.3 is 5.32 Å². The fourth-order valence-electron chi connectivity index (χ4n) is 5.77. The summed E-state index contributed by atoms with van der Waals surface area (Å²) < 4.78 is 0. The first kappa shape index (κ1) is 16.8. The van der Waals surface area contributed by atoms with Gasteiger partial charge in [0.25, 0.3) is 0 Å². The molecule has 0 aliphatic heterocycles. The van der Waals surface area contributed by atoms with Crippen LogP contribution in [0.15, 0.2) is 97.1 Å². The minimum atomic E-state index is -0.273. The molecule has 1 N–H and O–H groups in total. The maximum Gasteiger partial charge on any atom is 0.0813 e. The van der Waals surface area contributed by atoms with Gasteiger partial charge in [-0.15, -0.1) is 0 Å². The molecule has 140 valence electrons. The van der Waals surface area contributed by atoms with Crippen LogP contribution in [-0.2, 0) is 5.54 Å². The topological polar surface area (TPSA) is 12.0 Å². The van der Waals surface area contributed by atoms with E-state index in [1.807, 2.05) is 0 Å². The zero-order valence-electron chi connectivity index (χ0n) is 16.5. The van der Waals surface area contributed by atoms with Crippen molar-refractivity contribution in [3.8, 4) is 22.3 Å². The van der Waals surface area contributed by atoms with E-state index in [0.29, 0.717) is 0 Å². The first-order valence-corrected chi connectivity index (χ1v) is 10.5. The molecule has 4 aromatic rings. The number of benzene rings is 4. The second kappa shape index (κ2) is 6.17. The highest BCUT2D eigenvalue weighted by molar-refractivity contribution is 5.86. The molecule has 2 aliphatic carbocycles. The third kappa shape index (κ3) is 2.08. The van der Waals surface area contributed by atoms with Crippen molar-refractivity contribution in [3.05, 3.63) is 119 Å². The molecular formula is C28H23N. The van der Waals surface area contributed by atoms with E-state index in [9.17, 15) is 0 Å². The van der Waals surface area contributed by atoms with Gasteiger partial charge >= 0.3 is 0 Å². The molecule has 6 rings (SSSR count). The van der Waals surface area contributed by atoms with Crippen LogP contribution in [0.25, 0.3) is 22.3 Å². The summed E-state index contributed by atoms with van der Waals surface area (Å²) in [5.74, 6) is 0.236. The minimum absolute atomic E-state index is 0.236. The van der Waals surface area contributed by atoms with Gasteiger partial charge in [-0.3, -0.25) is 0 Å². The lowest BCUT2D eigenvalue weighted by Gasteiger charge is -2.40. The molecular weight excluding hydrogens is 350 g/mol. The van der Waals surface area contributed by atoms with Gasteiger partial charge in [0.05, 0.1) is 5.54 Å². The zero-order valence-corrected chi connectivity index (χ0v) is 16.5. The smallest absolute Gasteiger partial charge is 0.0813 e. The van der Waals surface area contributed by atoms with Gasteiger partial charge in [-0.05, 0) is 51.1 Å². The fraction of sp³-hybridized carbons (Fsp3) is 0.143. The molecule has 0 amide bonds. The Kier molecular flexibility index (Phi) is 3.57. The van der Waals surface area contributed by atoms with E-state index >= 15 is 0 Å². The van der Waals surface area contributed by atoms with E-state index in [1.54, 1.807) is 0 Å². The standard InChI is InChI=1S/C28H23N/c1-2-29-28(25-17-9-7-13-21(25)22-14-8-10-18-26(22)28)27-23-15-5-3-11-19(23)20-12-4-6-16-24(20)27/h3-18,27,29H,2H2,1H3. The van der Waals surface area contributed by atoms with E-state index in [1.165, 1.54) is 44.5 Å². The van der Waals surface area contributed by atoms with Crippen molar-refractivity contribution in [2.24, 2.45) is 0 Å². The van der Waals surface area contributed by atoms with Crippen molar-refractivity contribution in [2.45, 2.75) is 18.4 Å². The fourth-order valence-corrected chi connectivity index (χ4v) is 5.77. The SMILES string of the molecule is CCNC1(C2c3ccccc3-c3ccccc32)c2ccccc2-c2ccccc21. The van der Waals surface area contributed by atoms with Crippen LogP contribution in [0.3, 0.4) is 0 Å². The van der Waals surface area contributed by atoms with Crippen molar-refractivity contribution < 1.29 is 0 Å². The van der Waals surface area contributed by atoms with Crippen molar-refractivity contribution in [1.82, 2.24) is 5.32 Å². The van der Waals surface area contributed by atoms with Crippen molar-refractivity contribution in [3.63, 3.8) is 0 Å². The van der Waals surface area contributed by atoms with Crippen LogP contribution in [0.1, 0.15) is 35.1 Å². The average Bonchev–Trinajstić information content (AvgIpc) is 3.26. The first-order valence-electron chi connectivity index (χ1n) is 10.5. The molecule has 0 atom stereocenters. The third-order valence-electron chi connectivity index (χ3n) is 6.72. The lowest BCUT2D eigenvalue weighted by Crippen LogP contribution is -2.46. The quantitative estimate of drug-likeness (QED) is 0.442. The van der Waals surface area contributed by atoms with Gasteiger partial charge in [0.2, 0.25) is 0 Å². The Morgan fingerprint density at radius 1 is 0.586 bits per heavy atom. The van der Waals surface area contributed by atoms with Crippen molar-refractivity contribution in [2.75, 3.05) is 6.54 Å². The van der Waals surface area contributed by atoms with Gasteiger partial charge in [0, 0.05) is 5.92 Å². The van der Waals surface area contributed by atoms with Gasteiger partial charge in [0.15, 0.2) is 0 Å². The Bertz CT molecular complexity index is 1150. The predicted molar refractivity (Wildman–Crippen MR) is 120 cm³/mol. The van der Waals surface area contributed by atoms with Crippen LogP contribution in [-0.4, -0.2) is 6.54 Å². The Morgan fingerprint density at radius 3 is 1.48 bits per heavy atom. The summed E-state index contributed by atoms with van der Waals surface area (Å²) >= 11 is 0. The molecule has 1 nitrogen and oxygen atoms in total. The Morgan fingerprint density at radius 2 is 1.00 bits per heavy atom. The van der Waals surface area contributed by atoms with Crippen LogP contribution < -0.4 is 5.32 Å². The summed E-state index contributed by atoms with van der Waals surface area (Å²) in [5.41, 5.74) is 10.8. The van der Waals surface area contributed by atoms with Crippen LogP contribution in [0.2, 0.25) is 0 Å². The summed E-state index contributed by atoms with van der Waals surface area (Å²) in [7, 11) is 0. The van der Waals surface area contributed by atoms with Crippen molar-refractivity contribution in [1.29, 1.82) is 0 Å². The highest BCUT2D eigenvalue weighted by atomic mass is 15.0. The lowest BCUT2D eigenvalue weighted by molar-refractivity contribution is 0.379. The van der Waals surface area contributed by atoms with Crippen LogP contribution in [0.4, 0.5) is 0 Å². The number of hydrogen-bond acceptors (Lipinski definition) is 1. The number of rotatable bonds is 3. The highest BCUT2D eigenvalue weighted by Crippen LogP contribution is 2.60. The molecule has 0 aromatic heterocycles. The monoisotopic (exact) mass is 373 g/mol. The number of fused-ring (bicyclic) bond motifs is 6. The first-order chi connectivity index (χ1) is 14.4. The van der Waals surface area contributed by atoms with Gasteiger partial charge in [-0.2, -0.15) is 0 Å². The highest BCUT2D eigenvalue weighted by Gasteiger charge is 2.52. The average molecular weight is 373 g/mol. The minimum Gasteiger partial charge on any atom is -0.303 e. The maximum atomic E-state index is 3.99. The number of likely N-dealkylation sites (N-methyl/N-ethyl adjacent to an activating group) is 1. The zero-order chi connectivity index (χ0) is 19.4. The van der Waals surface area contributed by atoms with E-state index in [0.717, 1.165) is 6.54 Å². The molecule has 29 heavy (non-hydrogen) atoms. The molecule has 0 heterocycles. The Hall–Kier alpha value is -3.16. The van der Waals surface area contributed by atoms with Crippen LogP contribution in [0.5, 0.6) is 0 Å². The summed E-state index contributed by atoms with van der Waals surface area (Å²) in [6.45, 7) is 3.13. The second-order valence-corrected chi connectivity index (χ2v) is 8.04. The summed E-state index contributed by atoms with van der Waals surface area (Å²) in [6, 6.07) is 35.8. The normalized spacial score (nSPS) is 15.5. The number of hydrogen-bond donors (Lipinski definition) is 1. The molecule has 0 radical (unpaired) electrons. The largest absolute Gasteiger partial charge is 0.303 e. The molecule has 0 saturated heterocycles. The molecule has 0 unspecified atom stereocenters. The molecule has 4 aromatic carbocycles. The van der Waals surface area contributed by atoms with E-state index < -0.39 is 0 Å². The molecule has 0 spiro atoms. The van der Waals surface area contributed by atoms with Crippen LogP contribution in [0, 0.1) is 0 Å². The third-order valence-corrected chi connectivity index (χ3v) is 6.72. The van der Waals surface area contributed by atoms with E-state index in [4.69, 9.17) is 0 Å². The molecule has 0 saturated carbocycles. The van der Waals surface area contributed by atoms with E-state index in [2.05, 4.69) is 109 Å². The van der Waals surface area contributed by atoms with Gasteiger partial charge in [0.1, 0.15) is 0 Å². The molecule has 0 bridgehead atoms. The van der Waals surface area contributed by atoms with Crippen LogP contribution >= 0.6 is 0 Å². The summed E-state index contributed by atoms with van der Waals surface area (Å²) in [5, 5.41) is 3.99. The number of nitrogens with one attached hydrogen (secondary N) is 1. The molecule has 2 aliphatic rings.